The van der Waals surface area contributed by atoms with Crippen LogP contribution < -0.4 is 10.1 Å². The van der Waals surface area contributed by atoms with Gasteiger partial charge in [-0.3, -0.25) is 9.69 Å². The fourth-order valence-corrected chi connectivity index (χ4v) is 4.08. The van der Waals surface area contributed by atoms with E-state index in [4.69, 9.17) is 9.15 Å². The maximum Gasteiger partial charge on any atom is 0.416 e. The second-order valence-corrected chi connectivity index (χ2v) is 8.93. The van der Waals surface area contributed by atoms with Crippen molar-refractivity contribution in [2.45, 2.75) is 38.8 Å². The molecular weight excluding hydrogens is 495 g/mol. The van der Waals surface area contributed by atoms with Gasteiger partial charge in [0.1, 0.15) is 12.0 Å². The molecule has 1 amide bonds. The first-order valence-corrected chi connectivity index (χ1v) is 12.0. The molecular formula is C29H28F3N3O3. The quantitative estimate of drug-likeness (QED) is 0.261. The van der Waals surface area contributed by atoms with Crippen molar-refractivity contribution in [3.63, 3.8) is 0 Å². The molecule has 0 fully saturated rings. The molecule has 38 heavy (non-hydrogen) atoms. The number of carbonyl (C=O) groups excluding carboxylic acids is 1. The number of amides is 1. The molecule has 1 aromatic heterocycles. The van der Waals surface area contributed by atoms with Gasteiger partial charge in [-0.05, 0) is 41.8 Å². The Hall–Kier alpha value is -4.11. The van der Waals surface area contributed by atoms with Gasteiger partial charge in [-0.15, -0.1) is 0 Å². The van der Waals surface area contributed by atoms with Crippen LogP contribution >= 0.6 is 0 Å². The highest BCUT2D eigenvalue weighted by molar-refractivity contribution is 5.92. The number of nitrogens with zero attached hydrogens (tertiary/aromatic N) is 2. The molecule has 0 radical (unpaired) electrons. The average Bonchev–Trinajstić information content (AvgIpc) is 3.37. The van der Waals surface area contributed by atoms with Gasteiger partial charge >= 0.3 is 6.18 Å². The molecule has 4 aromatic rings. The Bertz CT molecular complexity index is 1360. The van der Waals surface area contributed by atoms with E-state index >= 15 is 0 Å². The minimum Gasteiger partial charge on any atom is -0.497 e. The Kier molecular flexibility index (Phi) is 8.48. The maximum absolute atomic E-state index is 13.3. The van der Waals surface area contributed by atoms with Crippen LogP contribution in [0.25, 0.3) is 0 Å². The number of aromatic nitrogens is 1. The Labute approximate surface area is 219 Å². The molecule has 0 saturated carbocycles. The summed E-state index contributed by atoms with van der Waals surface area (Å²) >= 11 is 0. The normalized spacial score (nSPS) is 12.4. The number of oxazole rings is 1. The van der Waals surface area contributed by atoms with Crippen LogP contribution in [0.5, 0.6) is 5.75 Å². The zero-order valence-corrected chi connectivity index (χ0v) is 21.0. The summed E-state index contributed by atoms with van der Waals surface area (Å²) in [4.78, 5) is 19.0. The molecule has 6 nitrogen and oxygen atoms in total. The molecule has 0 aliphatic rings. The van der Waals surface area contributed by atoms with Crippen LogP contribution in [0.2, 0.25) is 0 Å². The van der Waals surface area contributed by atoms with E-state index in [1.165, 1.54) is 12.3 Å². The number of benzene rings is 3. The number of carbonyl (C=O) groups is 1. The van der Waals surface area contributed by atoms with E-state index in [0.29, 0.717) is 17.9 Å². The minimum atomic E-state index is -4.44. The first-order valence-electron chi connectivity index (χ1n) is 12.0. The van der Waals surface area contributed by atoms with Gasteiger partial charge in [0, 0.05) is 13.1 Å². The molecule has 9 heteroatoms. The van der Waals surface area contributed by atoms with Crippen molar-refractivity contribution in [2.75, 3.05) is 7.11 Å². The lowest BCUT2D eigenvalue weighted by atomic mass is 10.1. The summed E-state index contributed by atoms with van der Waals surface area (Å²) in [6, 6.07) is 22.0. The zero-order chi connectivity index (χ0) is 27.1. The van der Waals surface area contributed by atoms with E-state index in [1.54, 1.807) is 13.2 Å². The number of alkyl halides is 3. The molecule has 0 bridgehead atoms. The van der Waals surface area contributed by atoms with Crippen LogP contribution in [0.3, 0.4) is 0 Å². The van der Waals surface area contributed by atoms with Crippen LogP contribution in [-0.4, -0.2) is 22.9 Å². The van der Waals surface area contributed by atoms with Crippen LogP contribution in [0, 0.1) is 0 Å². The number of hydrogen-bond acceptors (Lipinski definition) is 5. The first-order chi connectivity index (χ1) is 18.2. The van der Waals surface area contributed by atoms with Gasteiger partial charge < -0.3 is 14.5 Å². The number of ether oxygens (including phenoxy) is 1. The Morgan fingerprint density at radius 2 is 1.66 bits per heavy atom. The fraction of sp³-hybridized carbons (Fsp3) is 0.241. The number of halogens is 3. The van der Waals surface area contributed by atoms with Gasteiger partial charge in [-0.25, -0.2) is 4.98 Å². The number of rotatable bonds is 10. The predicted octanol–water partition coefficient (Wildman–Crippen LogP) is 6.40. The van der Waals surface area contributed by atoms with Crippen molar-refractivity contribution >= 4 is 5.91 Å². The summed E-state index contributed by atoms with van der Waals surface area (Å²) in [5.74, 6) is 0.565. The monoisotopic (exact) mass is 523 g/mol. The summed E-state index contributed by atoms with van der Waals surface area (Å²) in [6.07, 6.45) is -3.15. The summed E-state index contributed by atoms with van der Waals surface area (Å²) in [6.45, 7) is 2.65. The summed E-state index contributed by atoms with van der Waals surface area (Å²) in [7, 11) is 1.57. The van der Waals surface area contributed by atoms with Crippen LogP contribution in [0.15, 0.2) is 89.5 Å². The lowest BCUT2D eigenvalue weighted by Gasteiger charge is -2.22. The summed E-state index contributed by atoms with van der Waals surface area (Å²) in [5.41, 5.74) is 1.76. The lowest BCUT2D eigenvalue weighted by Crippen LogP contribution is -2.27. The molecule has 0 spiro atoms. The number of methoxy groups -OCH3 is 1. The fourth-order valence-electron chi connectivity index (χ4n) is 4.08. The molecule has 1 atom stereocenters. The Morgan fingerprint density at radius 1 is 0.974 bits per heavy atom. The smallest absolute Gasteiger partial charge is 0.416 e. The molecule has 0 aliphatic carbocycles. The molecule has 0 aliphatic heterocycles. The van der Waals surface area contributed by atoms with E-state index in [1.807, 2.05) is 66.4 Å². The van der Waals surface area contributed by atoms with Gasteiger partial charge in [0.15, 0.2) is 5.69 Å². The molecule has 0 saturated heterocycles. The van der Waals surface area contributed by atoms with Crippen LogP contribution in [0.1, 0.15) is 51.6 Å². The third-order valence-corrected chi connectivity index (χ3v) is 5.99. The third-order valence-electron chi connectivity index (χ3n) is 5.99. The van der Waals surface area contributed by atoms with E-state index in [9.17, 15) is 18.0 Å². The van der Waals surface area contributed by atoms with Gasteiger partial charge in [0.2, 0.25) is 5.89 Å². The van der Waals surface area contributed by atoms with Crippen LogP contribution in [-0.2, 0) is 25.8 Å². The largest absolute Gasteiger partial charge is 0.497 e. The van der Waals surface area contributed by atoms with Crippen LogP contribution in [0.4, 0.5) is 13.2 Å². The highest BCUT2D eigenvalue weighted by atomic mass is 19.4. The van der Waals surface area contributed by atoms with E-state index in [-0.39, 0.29) is 36.6 Å². The highest BCUT2D eigenvalue weighted by Gasteiger charge is 2.30. The van der Waals surface area contributed by atoms with Gasteiger partial charge in [0.25, 0.3) is 5.91 Å². The van der Waals surface area contributed by atoms with Crippen molar-refractivity contribution < 1.29 is 27.1 Å². The zero-order valence-electron chi connectivity index (χ0n) is 21.0. The molecule has 1 unspecified atom stereocenters. The molecule has 3 aromatic carbocycles. The van der Waals surface area contributed by atoms with E-state index in [0.717, 1.165) is 23.3 Å². The van der Waals surface area contributed by atoms with Crippen molar-refractivity contribution in [3.8, 4) is 5.75 Å². The van der Waals surface area contributed by atoms with E-state index in [2.05, 4.69) is 10.3 Å². The molecule has 4 rings (SSSR count). The SMILES string of the molecule is COc1cccc(CN(Cc2cccc(C(F)(F)F)c2)Cc2nc(C(=O)NC(C)c3ccccc3)co2)c1. The van der Waals surface area contributed by atoms with E-state index < -0.39 is 11.7 Å². The van der Waals surface area contributed by atoms with Gasteiger partial charge in [-0.2, -0.15) is 13.2 Å². The second-order valence-electron chi connectivity index (χ2n) is 8.93. The van der Waals surface area contributed by atoms with Crippen molar-refractivity contribution in [1.29, 1.82) is 0 Å². The van der Waals surface area contributed by atoms with Crippen molar-refractivity contribution in [3.05, 3.63) is 119 Å². The van der Waals surface area contributed by atoms with Gasteiger partial charge in [-0.1, -0.05) is 60.7 Å². The number of hydrogen-bond donors (Lipinski definition) is 1. The average molecular weight is 524 g/mol. The predicted molar refractivity (Wildman–Crippen MR) is 136 cm³/mol. The van der Waals surface area contributed by atoms with Crippen molar-refractivity contribution in [1.82, 2.24) is 15.2 Å². The molecule has 1 N–H and O–H groups in total. The topological polar surface area (TPSA) is 67.6 Å². The minimum absolute atomic E-state index is 0.128. The standard InChI is InChI=1S/C29H28F3N3O3/c1-20(23-10-4-3-5-11-23)33-28(36)26-19-38-27(34-26)18-35(17-22-9-7-13-25(15-22)37-2)16-21-8-6-12-24(14-21)29(30,31)32/h3-15,19-20H,16-18H2,1-2H3,(H,33,36). The molecule has 198 valence electrons. The third kappa shape index (κ3) is 7.23. The maximum atomic E-state index is 13.3. The van der Waals surface area contributed by atoms with Gasteiger partial charge in [0.05, 0.1) is 25.3 Å². The second kappa shape index (κ2) is 12.0. The molecule has 1 heterocycles. The summed E-state index contributed by atoms with van der Waals surface area (Å²) < 4.78 is 50.7. The lowest BCUT2D eigenvalue weighted by molar-refractivity contribution is -0.137. The Morgan fingerprint density at radius 3 is 2.34 bits per heavy atom. The highest BCUT2D eigenvalue weighted by Crippen LogP contribution is 2.30. The number of nitrogens with one attached hydrogen (secondary N) is 1. The first kappa shape index (κ1) is 26.9. The summed E-state index contributed by atoms with van der Waals surface area (Å²) in [5, 5.41) is 2.90. The van der Waals surface area contributed by atoms with Crippen molar-refractivity contribution in [2.24, 2.45) is 0 Å². The Balaban J connectivity index is 1.51.